The zero-order valence-electron chi connectivity index (χ0n) is 22.5. The van der Waals surface area contributed by atoms with Crippen molar-refractivity contribution in [1.82, 2.24) is 0 Å². The number of benzene rings is 2. The Morgan fingerprint density at radius 2 is 1.71 bits per heavy atom. The Balaban J connectivity index is 1.96. The minimum Gasteiger partial charge on any atom is -0.490 e. The number of carbonyl (C=O) groups excluding carboxylic acids is 1. The molecule has 4 nitrogen and oxygen atoms in total. The number of primary amides is 1. The van der Waals surface area contributed by atoms with Gasteiger partial charge in [0, 0.05) is 17.0 Å². The van der Waals surface area contributed by atoms with Crippen LogP contribution in [0, 0.1) is 5.92 Å². The molecule has 3 rings (SSSR count). The lowest BCUT2D eigenvalue weighted by atomic mass is 9.72. The first kappa shape index (κ1) is 27.0. The first-order chi connectivity index (χ1) is 16.4. The molecule has 0 fully saturated rings. The van der Waals surface area contributed by atoms with Gasteiger partial charge >= 0.3 is 0 Å². The number of hydrogen-bond acceptors (Lipinski definition) is 3. The minimum atomic E-state index is -1.76. The zero-order valence-corrected chi connectivity index (χ0v) is 22.5. The van der Waals surface area contributed by atoms with Crippen molar-refractivity contribution in [2.45, 2.75) is 96.7 Å². The summed E-state index contributed by atoms with van der Waals surface area (Å²) >= 11 is 0. The van der Waals surface area contributed by atoms with Crippen molar-refractivity contribution < 1.29 is 14.6 Å². The molecule has 0 heterocycles. The van der Waals surface area contributed by atoms with E-state index in [1.54, 1.807) is 6.07 Å². The molecule has 0 aromatic heterocycles. The van der Waals surface area contributed by atoms with Crippen LogP contribution in [0.3, 0.4) is 0 Å². The van der Waals surface area contributed by atoms with Crippen molar-refractivity contribution >= 4 is 12.0 Å². The first-order valence-electron chi connectivity index (χ1n) is 13.0. The molecule has 4 heteroatoms. The Hall–Kier alpha value is -2.59. The van der Waals surface area contributed by atoms with Gasteiger partial charge in [-0.15, -0.1) is 0 Å². The Labute approximate surface area is 211 Å². The zero-order chi connectivity index (χ0) is 26.0. The van der Waals surface area contributed by atoms with E-state index in [1.807, 2.05) is 30.4 Å². The maximum absolute atomic E-state index is 12.6. The van der Waals surface area contributed by atoms with E-state index in [0.29, 0.717) is 12.0 Å². The van der Waals surface area contributed by atoms with Gasteiger partial charge in [0.2, 0.25) is 0 Å². The van der Waals surface area contributed by atoms with E-state index >= 15 is 0 Å². The van der Waals surface area contributed by atoms with Gasteiger partial charge in [-0.05, 0) is 53.7 Å². The van der Waals surface area contributed by atoms with Crippen LogP contribution in [0.15, 0.2) is 48.5 Å². The third-order valence-corrected chi connectivity index (χ3v) is 8.32. The maximum Gasteiger partial charge on any atom is 0.254 e. The van der Waals surface area contributed by atoms with Crippen LogP contribution in [0.5, 0.6) is 5.75 Å². The Morgan fingerprint density at radius 3 is 2.31 bits per heavy atom. The van der Waals surface area contributed by atoms with Crippen molar-refractivity contribution in [3.05, 3.63) is 70.8 Å². The molecule has 1 aliphatic carbocycles. The van der Waals surface area contributed by atoms with Crippen molar-refractivity contribution in [3.63, 3.8) is 0 Å². The molecular formula is C31H43NO3. The molecule has 35 heavy (non-hydrogen) atoms. The van der Waals surface area contributed by atoms with Gasteiger partial charge in [0.15, 0.2) is 5.60 Å². The third kappa shape index (κ3) is 5.18. The smallest absolute Gasteiger partial charge is 0.254 e. The van der Waals surface area contributed by atoms with E-state index in [9.17, 15) is 9.90 Å². The molecular weight excluding hydrogens is 434 g/mol. The SMILES string of the molecule is CCC(CC1C=Cc2ccccc2C1(O)C(N)=O)Oc1ccc(C(C)(C)CC)cc1C(C)(C)CC. The minimum absolute atomic E-state index is 0.0505. The lowest BCUT2D eigenvalue weighted by molar-refractivity contribution is -0.143. The fourth-order valence-corrected chi connectivity index (χ4v) is 4.85. The van der Waals surface area contributed by atoms with Gasteiger partial charge in [-0.3, -0.25) is 4.79 Å². The second kappa shape index (κ2) is 10.2. The molecule has 2 aromatic carbocycles. The second-order valence-electron chi connectivity index (χ2n) is 11.3. The molecule has 0 bridgehead atoms. The van der Waals surface area contributed by atoms with Crippen LogP contribution in [0.2, 0.25) is 0 Å². The van der Waals surface area contributed by atoms with E-state index in [2.05, 4.69) is 66.7 Å². The number of ether oxygens (including phenoxy) is 1. The highest BCUT2D eigenvalue weighted by molar-refractivity contribution is 5.88. The summed E-state index contributed by atoms with van der Waals surface area (Å²) in [7, 11) is 0. The second-order valence-corrected chi connectivity index (χ2v) is 11.3. The molecule has 1 amide bonds. The average molecular weight is 478 g/mol. The monoisotopic (exact) mass is 477 g/mol. The predicted octanol–water partition coefficient (Wildman–Crippen LogP) is 6.63. The number of amides is 1. The number of fused-ring (bicyclic) bond motifs is 1. The molecule has 0 saturated carbocycles. The molecule has 3 unspecified atom stereocenters. The third-order valence-electron chi connectivity index (χ3n) is 8.32. The summed E-state index contributed by atoms with van der Waals surface area (Å²) < 4.78 is 6.65. The van der Waals surface area contributed by atoms with E-state index in [-0.39, 0.29) is 16.9 Å². The maximum atomic E-state index is 12.6. The summed E-state index contributed by atoms with van der Waals surface area (Å²) in [4.78, 5) is 12.6. The predicted molar refractivity (Wildman–Crippen MR) is 144 cm³/mol. The van der Waals surface area contributed by atoms with Crippen LogP contribution < -0.4 is 10.5 Å². The molecule has 1 aliphatic rings. The van der Waals surface area contributed by atoms with Gasteiger partial charge < -0.3 is 15.6 Å². The fraction of sp³-hybridized carbons (Fsp3) is 0.516. The van der Waals surface area contributed by atoms with Gasteiger partial charge in [0.1, 0.15) is 5.75 Å². The van der Waals surface area contributed by atoms with Gasteiger partial charge in [-0.25, -0.2) is 0 Å². The molecule has 0 aliphatic heterocycles. The Morgan fingerprint density at radius 1 is 1.06 bits per heavy atom. The quantitative estimate of drug-likeness (QED) is 0.404. The molecule has 0 spiro atoms. The number of nitrogens with two attached hydrogens (primary N) is 1. The highest BCUT2D eigenvalue weighted by Gasteiger charge is 2.46. The van der Waals surface area contributed by atoms with Crippen LogP contribution in [0.25, 0.3) is 6.08 Å². The summed E-state index contributed by atoms with van der Waals surface area (Å²) in [6.07, 6.45) is 6.96. The standard InChI is InChI=1S/C31H43NO3/c1-8-24(19-23-16-15-21-13-11-12-14-25(21)31(23,34)28(32)33)35-27-18-17-22(29(4,5)9-2)20-26(27)30(6,7)10-3/h11-18,20,23-24,34H,8-10,19H2,1-7H3,(H2,32,33). The van der Waals surface area contributed by atoms with Crippen molar-refractivity contribution in [2.75, 3.05) is 0 Å². The van der Waals surface area contributed by atoms with Crippen LogP contribution in [0.4, 0.5) is 0 Å². The Kier molecular flexibility index (Phi) is 7.86. The highest BCUT2D eigenvalue weighted by atomic mass is 16.5. The van der Waals surface area contributed by atoms with Crippen LogP contribution in [0.1, 0.15) is 96.4 Å². The van der Waals surface area contributed by atoms with Crippen molar-refractivity contribution in [2.24, 2.45) is 11.7 Å². The molecule has 190 valence electrons. The van der Waals surface area contributed by atoms with Gasteiger partial charge in [-0.1, -0.05) is 97.0 Å². The normalized spacial score (nSPS) is 20.9. The highest BCUT2D eigenvalue weighted by Crippen LogP contribution is 2.42. The topological polar surface area (TPSA) is 72.5 Å². The van der Waals surface area contributed by atoms with Crippen molar-refractivity contribution in [3.8, 4) is 5.75 Å². The lowest BCUT2D eigenvalue weighted by Crippen LogP contribution is -2.49. The number of carbonyl (C=O) groups is 1. The molecule has 0 saturated heterocycles. The van der Waals surface area contributed by atoms with Crippen molar-refractivity contribution in [1.29, 1.82) is 0 Å². The van der Waals surface area contributed by atoms with Gasteiger partial charge in [0.25, 0.3) is 5.91 Å². The van der Waals surface area contributed by atoms with E-state index in [1.165, 1.54) is 11.1 Å². The molecule has 2 aromatic rings. The molecule has 3 atom stereocenters. The lowest BCUT2D eigenvalue weighted by Gasteiger charge is -2.38. The fourth-order valence-electron chi connectivity index (χ4n) is 4.85. The van der Waals surface area contributed by atoms with Gasteiger partial charge in [0.05, 0.1) is 6.10 Å². The number of rotatable bonds is 10. The molecule has 3 N–H and O–H groups in total. The van der Waals surface area contributed by atoms with Crippen LogP contribution in [-0.2, 0) is 21.2 Å². The summed E-state index contributed by atoms with van der Waals surface area (Å²) in [6.45, 7) is 15.6. The molecule has 0 radical (unpaired) electrons. The number of aliphatic hydroxyl groups is 1. The largest absolute Gasteiger partial charge is 0.490 e. The van der Waals surface area contributed by atoms with E-state index < -0.39 is 17.4 Å². The van der Waals surface area contributed by atoms with E-state index in [4.69, 9.17) is 10.5 Å². The summed E-state index contributed by atoms with van der Waals surface area (Å²) in [5.74, 6) is -0.323. The van der Waals surface area contributed by atoms with Gasteiger partial charge in [-0.2, -0.15) is 0 Å². The van der Waals surface area contributed by atoms with Crippen LogP contribution in [-0.4, -0.2) is 17.1 Å². The number of hydrogen-bond donors (Lipinski definition) is 2. The average Bonchev–Trinajstić information content (AvgIpc) is 2.85. The summed E-state index contributed by atoms with van der Waals surface area (Å²) in [5, 5.41) is 11.6. The Bertz CT molecular complexity index is 1080. The van der Waals surface area contributed by atoms with E-state index in [0.717, 1.165) is 30.6 Å². The summed E-state index contributed by atoms with van der Waals surface area (Å²) in [5.41, 5.74) is 7.95. The summed E-state index contributed by atoms with van der Waals surface area (Å²) in [6, 6.07) is 14.0. The van der Waals surface area contributed by atoms with Crippen LogP contribution >= 0.6 is 0 Å². The first-order valence-corrected chi connectivity index (χ1v) is 13.0.